The van der Waals surface area contributed by atoms with Crippen molar-refractivity contribution >= 4 is 29.0 Å². The van der Waals surface area contributed by atoms with E-state index < -0.39 is 23.9 Å². The molecular formula is C12H18ClNO4S. The Morgan fingerprint density at radius 1 is 1.53 bits per heavy atom. The molecule has 1 rings (SSSR count). The highest BCUT2D eigenvalue weighted by Crippen LogP contribution is 2.29. The van der Waals surface area contributed by atoms with Crippen molar-refractivity contribution in [1.82, 2.24) is 5.32 Å². The number of nitrogens with one attached hydrogen (secondary N) is 1. The lowest BCUT2D eigenvalue weighted by atomic mass is 10.1. The molecule has 3 N–H and O–H groups in total. The van der Waals surface area contributed by atoms with E-state index in [2.05, 4.69) is 5.32 Å². The van der Waals surface area contributed by atoms with Gasteiger partial charge in [-0.05, 0) is 32.2 Å². The van der Waals surface area contributed by atoms with Gasteiger partial charge in [-0.2, -0.15) is 0 Å². The number of rotatable bonds is 4. The van der Waals surface area contributed by atoms with E-state index in [0.717, 1.165) is 0 Å². The van der Waals surface area contributed by atoms with E-state index in [1.807, 2.05) is 0 Å². The van der Waals surface area contributed by atoms with E-state index >= 15 is 0 Å². The highest BCUT2D eigenvalue weighted by atomic mass is 35.5. The number of carbonyl (C=O) groups excluding carboxylic acids is 1. The molecule has 0 aliphatic heterocycles. The summed E-state index contributed by atoms with van der Waals surface area (Å²) in [6, 6.07) is 1.63. The van der Waals surface area contributed by atoms with Crippen molar-refractivity contribution in [1.29, 1.82) is 0 Å². The number of aliphatic hydroxyl groups is 2. The minimum absolute atomic E-state index is 0.123. The van der Waals surface area contributed by atoms with Crippen molar-refractivity contribution in [3.63, 3.8) is 0 Å². The zero-order chi connectivity index (χ0) is 14.6. The Kier molecular flexibility index (Phi) is 5.61. The van der Waals surface area contributed by atoms with Crippen molar-refractivity contribution < 1.29 is 19.7 Å². The monoisotopic (exact) mass is 307 g/mol. The number of hydrogen-bond acceptors (Lipinski definition) is 5. The van der Waals surface area contributed by atoms with Crippen LogP contribution in [0.5, 0.6) is 0 Å². The van der Waals surface area contributed by atoms with Crippen LogP contribution in [0, 0.1) is 0 Å². The topological polar surface area (TPSA) is 78.8 Å². The SMILES string of the molecule is CC(C)(C)OC(=O)NCC(O)C(O)c1ccsc1Cl. The van der Waals surface area contributed by atoms with Crippen LogP contribution in [0.4, 0.5) is 4.79 Å². The highest BCUT2D eigenvalue weighted by Gasteiger charge is 2.23. The first-order valence-electron chi connectivity index (χ1n) is 5.76. The standard InChI is InChI=1S/C12H18ClNO4S/c1-12(2,3)18-11(17)14-6-8(15)9(16)7-4-5-19-10(7)13/h4-5,8-9,15-16H,6H2,1-3H3,(H,14,17). The molecule has 0 spiro atoms. The van der Waals surface area contributed by atoms with Gasteiger partial charge in [0.25, 0.3) is 0 Å². The van der Waals surface area contributed by atoms with Crippen LogP contribution >= 0.6 is 22.9 Å². The van der Waals surface area contributed by atoms with Crippen LogP contribution < -0.4 is 5.32 Å². The summed E-state index contributed by atoms with van der Waals surface area (Å²) in [5, 5.41) is 23.8. The summed E-state index contributed by atoms with van der Waals surface area (Å²) in [7, 11) is 0. The van der Waals surface area contributed by atoms with Gasteiger partial charge in [0.1, 0.15) is 17.8 Å². The first kappa shape index (κ1) is 16.2. The summed E-state index contributed by atoms with van der Waals surface area (Å²) in [6.07, 6.45) is -2.94. The van der Waals surface area contributed by atoms with Crippen LogP contribution in [0.25, 0.3) is 0 Å². The van der Waals surface area contributed by atoms with Crippen LogP contribution in [0.2, 0.25) is 4.34 Å². The van der Waals surface area contributed by atoms with Crippen LogP contribution in [-0.4, -0.2) is 34.6 Å². The first-order chi connectivity index (χ1) is 8.70. The molecule has 7 heteroatoms. The number of halogens is 1. The molecule has 1 aromatic heterocycles. The molecule has 0 saturated carbocycles. The number of aliphatic hydroxyl groups excluding tert-OH is 2. The van der Waals surface area contributed by atoms with Gasteiger partial charge in [0.05, 0.1) is 4.34 Å². The molecule has 1 aromatic rings. The van der Waals surface area contributed by atoms with Crippen molar-refractivity contribution in [2.75, 3.05) is 6.54 Å². The second-order valence-corrected chi connectivity index (χ2v) is 6.56. The molecule has 19 heavy (non-hydrogen) atoms. The summed E-state index contributed by atoms with van der Waals surface area (Å²) in [5.74, 6) is 0. The van der Waals surface area contributed by atoms with E-state index in [9.17, 15) is 15.0 Å². The fourth-order valence-electron chi connectivity index (χ4n) is 1.34. The number of carbonyl (C=O) groups is 1. The number of hydrogen-bond donors (Lipinski definition) is 3. The molecule has 0 saturated heterocycles. The van der Waals surface area contributed by atoms with Gasteiger partial charge < -0.3 is 20.3 Å². The van der Waals surface area contributed by atoms with Gasteiger partial charge in [0.15, 0.2) is 0 Å². The molecule has 1 amide bonds. The Bertz CT molecular complexity index is 430. The molecule has 2 atom stereocenters. The Labute approximate surface area is 121 Å². The lowest BCUT2D eigenvalue weighted by Crippen LogP contribution is -2.38. The smallest absolute Gasteiger partial charge is 0.407 e. The highest BCUT2D eigenvalue weighted by molar-refractivity contribution is 7.14. The fourth-order valence-corrected chi connectivity index (χ4v) is 2.32. The van der Waals surface area contributed by atoms with Gasteiger partial charge in [-0.25, -0.2) is 4.79 Å². The zero-order valence-electron chi connectivity index (χ0n) is 11.0. The van der Waals surface area contributed by atoms with Crippen LogP contribution in [0.3, 0.4) is 0 Å². The molecule has 0 aliphatic rings. The third-order valence-corrected chi connectivity index (χ3v) is 3.38. The zero-order valence-corrected chi connectivity index (χ0v) is 12.6. The summed E-state index contributed by atoms with van der Waals surface area (Å²) in [5.41, 5.74) is -0.158. The second-order valence-electron chi connectivity index (χ2n) is 5.04. The summed E-state index contributed by atoms with van der Waals surface area (Å²) in [4.78, 5) is 11.4. The van der Waals surface area contributed by atoms with Crippen molar-refractivity contribution in [3.05, 3.63) is 21.3 Å². The van der Waals surface area contributed by atoms with Gasteiger partial charge >= 0.3 is 6.09 Å². The first-order valence-corrected chi connectivity index (χ1v) is 7.02. The normalized spacial score (nSPS) is 14.8. The Hall–Kier alpha value is -0.820. The van der Waals surface area contributed by atoms with Gasteiger partial charge in [-0.15, -0.1) is 11.3 Å². The van der Waals surface area contributed by atoms with E-state index in [0.29, 0.717) is 9.90 Å². The fraction of sp³-hybridized carbons (Fsp3) is 0.583. The lowest BCUT2D eigenvalue weighted by molar-refractivity contribution is 0.0132. The Morgan fingerprint density at radius 3 is 2.63 bits per heavy atom. The minimum Gasteiger partial charge on any atom is -0.444 e. The van der Waals surface area contributed by atoms with Gasteiger partial charge in [-0.1, -0.05) is 11.6 Å². The number of thiophene rings is 1. The lowest BCUT2D eigenvalue weighted by Gasteiger charge is -2.22. The predicted molar refractivity (Wildman–Crippen MR) is 74.5 cm³/mol. The molecule has 0 bridgehead atoms. The van der Waals surface area contributed by atoms with Gasteiger partial charge in [-0.3, -0.25) is 0 Å². The maximum atomic E-state index is 11.4. The van der Waals surface area contributed by atoms with Crippen LogP contribution in [-0.2, 0) is 4.74 Å². The molecule has 0 aliphatic carbocycles. The third-order valence-electron chi connectivity index (χ3n) is 2.18. The maximum Gasteiger partial charge on any atom is 0.407 e. The molecule has 0 fully saturated rings. The van der Waals surface area contributed by atoms with E-state index in [-0.39, 0.29) is 6.54 Å². The van der Waals surface area contributed by atoms with Crippen LogP contribution in [0.15, 0.2) is 11.4 Å². The maximum absolute atomic E-state index is 11.4. The van der Waals surface area contributed by atoms with E-state index in [4.69, 9.17) is 16.3 Å². The van der Waals surface area contributed by atoms with Crippen molar-refractivity contribution in [3.8, 4) is 0 Å². The predicted octanol–water partition coefficient (Wildman–Crippen LogP) is 2.32. The van der Waals surface area contributed by atoms with E-state index in [1.54, 1.807) is 32.2 Å². The Morgan fingerprint density at radius 2 is 2.16 bits per heavy atom. The van der Waals surface area contributed by atoms with Gasteiger partial charge in [0.2, 0.25) is 0 Å². The molecule has 0 aromatic carbocycles. The third kappa shape index (κ3) is 5.36. The van der Waals surface area contributed by atoms with Crippen LogP contribution in [0.1, 0.15) is 32.4 Å². The molecular weight excluding hydrogens is 290 g/mol. The second kappa shape index (κ2) is 6.56. The summed E-state index contributed by atoms with van der Waals surface area (Å²) in [6.45, 7) is 5.09. The number of amides is 1. The quantitative estimate of drug-likeness (QED) is 0.797. The summed E-state index contributed by atoms with van der Waals surface area (Å²) >= 11 is 7.13. The molecule has 0 radical (unpaired) electrons. The molecule has 1 heterocycles. The Balaban J connectivity index is 2.45. The average Bonchev–Trinajstić information content (AvgIpc) is 2.69. The van der Waals surface area contributed by atoms with Crippen molar-refractivity contribution in [2.45, 2.75) is 38.6 Å². The molecule has 5 nitrogen and oxygen atoms in total. The van der Waals surface area contributed by atoms with E-state index in [1.165, 1.54) is 11.3 Å². The molecule has 108 valence electrons. The molecule has 2 unspecified atom stereocenters. The largest absolute Gasteiger partial charge is 0.444 e. The van der Waals surface area contributed by atoms with Crippen molar-refractivity contribution in [2.24, 2.45) is 0 Å². The average molecular weight is 308 g/mol. The number of alkyl carbamates (subject to hydrolysis) is 1. The summed E-state index contributed by atoms with van der Waals surface area (Å²) < 4.78 is 5.44. The minimum atomic E-state index is -1.15. The van der Waals surface area contributed by atoms with Gasteiger partial charge in [0, 0.05) is 12.1 Å². The number of ether oxygens (including phenoxy) is 1.